The predicted octanol–water partition coefficient (Wildman–Crippen LogP) is 1.55. The summed E-state index contributed by atoms with van der Waals surface area (Å²) in [6.45, 7) is 4.82. The SMILES string of the molecule is CC(CC#N)NCCCCCNCCC#N. The van der Waals surface area contributed by atoms with Crippen molar-refractivity contribution in [2.75, 3.05) is 19.6 Å². The minimum Gasteiger partial charge on any atom is -0.316 e. The predicted molar refractivity (Wildman–Crippen MR) is 64.6 cm³/mol. The van der Waals surface area contributed by atoms with Crippen LogP contribution in [0.5, 0.6) is 0 Å². The normalized spacial score (nSPS) is 11.7. The van der Waals surface area contributed by atoms with E-state index in [1.165, 1.54) is 6.42 Å². The summed E-state index contributed by atoms with van der Waals surface area (Å²) >= 11 is 0. The molecule has 0 aromatic carbocycles. The highest BCUT2D eigenvalue weighted by Gasteiger charge is 1.98. The molecule has 0 saturated carbocycles. The zero-order chi connectivity index (χ0) is 12.1. The number of rotatable bonds is 10. The topological polar surface area (TPSA) is 71.6 Å². The lowest BCUT2D eigenvalue weighted by Gasteiger charge is -2.09. The van der Waals surface area contributed by atoms with E-state index in [9.17, 15) is 0 Å². The molecule has 0 saturated heterocycles. The number of unbranched alkanes of at least 4 members (excludes halogenated alkanes) is 2. The van der Waals surface area contributed by atoms with Crippen molar-refractivity contribution in [2.24, 2.45) is 0 Å². The molecule has 0 aromatic rings. The van der Waals surface area contributed by atoms with Crippen molar-refractivity contribution in [3.05, 3.63) is 0 Å². The van der Waals surface area contributed by atoms with Gasteiger partial charge in [0.1, 0.15) is 0 Å². The second-order valence-electron chi connectivity index (χ2n) is 3.94. The van der Waals surface area contributed by atoms with E-state index in [4.69, 9.17) is 10.5 Å². The lowest BCUT2D eigenvalue weighted by atomic mass is 10.2. The van der Waals surface area contributed by atoms with E-state index < -0.39 is 0 Å². The summed E-state index contributed by atoms with van der Waals surface area (Å²) in [6.07, 6.45) is 4.66. The van der Waals surface area contributed by atoms with Gasteiger partial charge in [-0.25, -0.2) is 0 Å². The fraction of sp³-hybridized carbons (Fsp3) is 0.833. The lowest BCUT2D eigenvalue weighted by molar-refractivity contribution is 0.520. The molecule has 0 bridgehead atoms. The van der Waals surface area contributed by atoms with Gasteiger partial charge in [-0.05, 0) is 32.9 Å². The quantitative estimate of drug-likeness (QED) is 0.550. The molecule has 0 spiro atoms. The maximum atomic E-state index is 8.46. The Hall–Kier alpha value is -1.10. The molecule has 0 radical (unpaired) electrons. The molecule has 0 aliphatic heterocycles. The molecule has 1 atom stereocenters. The van der Waals surface area contributed by atoms with Crippen molar-refractivity contribution in [2.45, 2.75) is 45.1 Å². The van der Waals surface area contributed by atoms with Gasteiger partial charge in [-0.15, -0.1) is 0 Å². The van der Waals surface area contributed by atoms with Gasteiger partial charge in [0.15, 0.2) is 0 Å². The molecular formula is C12H22N4. The van der Waals surface area contributed by atoms with E-state index >= 15 is 0 Å². The zero-order valence-corrected chi connectivity index (χ0v) is 10.1. The minimum absolute atomic E-state index is 0.304. The fourth-order valence-corrected chi connectivity index (χ4v) is 1.38. The van der Waals surface area contributed by atoms with Gasteiger partial charge >= 0.3 is 0 Å². The standard InChI is InChI=1S/C12H22N4/c1-12(6-8-14)16-11-4-2-3-9-15-10-5-7-13/h12,15-16H,2-6,9-11H2,1H3. The van der Waals surface area contributed by atoms with Gasteiger partial charge in [0.05, 0.1) is 18.6 Å². The molecule has 1 unspecified atom stereocenters. The highest BCUT2D eigenvalue weighted by Crippen LogP contribution is 1.94. The maximum absolute atomic E-state index is 8.46. The Morgan fingerprint density at radius 3 is 2.44 bits per heavy atom. The van der Waals surface area contributed by atoms with E-state index in [2.05, 4.69) is 22.8 Å². The van der Waals surface area contributed by atoms with Crippen molar-refractivity contribution in [1.82, 2.24) is 10.6 Å². The van der Waals surface area contributed by atoms with E-state index in [-0.39, 0.29) is 0 Å². The average molecular weight is 222 g/mol. The van der Waals surface area contributed by atoms with Crippen LogP contribution < -0.4 is 10.6 Å². The third kappa shape index (κ3) is 11.0. The van der Waals surface area contributed by atoms with E-state index in [0.717, 1.165) is 32.5 Å². The molecule has 0 aliphatic carbocycles. The zero-order valence-electron chi connectivity index (χ0n) is 10.1. The van der Waals surface area contributed by atoms with Crippen LogP contribution in [0.3, 0.4) is 0 Å². The third-order valence-corrected chi connectivity index (χ3v) is 2.33. The average Bonchev–Trinajstić information content (AvgIpc) is 2.27. The second-order valence-corrected chi connectivity index (χ2v) is 3.94. The first-order chi connectivity index (χ1) is 7.81. The molecule has 4 nitrogen and oxygen atoms in total. The van der Waals surface area contributed by atoms with Crippen LogP contribution >= 0.6 is 0 Å². The van der Waals surface area contributed by atoms with Crippen LogP contribution in [0.2, 0.25) is 0 Å². The van der Waals surface area contributed by atoms with Crippen molar-refractivity contribution in [3.8, 4) is 12.1 Å². The van der Waals surface area contributed by atoms with Crippen LogP contribution in [0.1, 0.15) is 39.0 Å². The van der Waals surface area contributed by atoms with E-state index in [1.54, 1.807) is 0 Å². The van der Waals surface area contributed by atoms with Gasteiger partial charge < -0.3 is 10.6 Å². The van der Waals surface area contributed by atoms with Crippen molar-refractivity contribution in [1.29, 1.82) is 10.5 Å². The summed E-state index contributed by atoms with van der Waals surface area (Å²) in [4.78, 5) is 0. The summed E-state index contributed by atoms with van der Waals surface area (Å²) < 4.78 is 0. The lowest BCUT2D eigenvalue weighted by Crippen LogP contribution is -2.26. The molecule has 0 fully saturated rings. The molecule has 16 heavy (non-hydrogen) atoms. The summed E-state index contributed by atoms with van der Waals surface area (Å²) in [5.41, 5.74) is 0. The van der Waals surface area contributed by atoms with E-state index in [0.29, 0.717) is 18.9 Å². The van der Waals surface area contributed by atoms with Gasteiger partial charge in [0.2, 0.25) is 0 Å². The summed E-state index contributed by atoms with van der Waals surface area (Å²) in [6, 6.07) is 4.56. The fourth-order valence-electron chi connectivity index (χ4n) is 1.38. The molecule has 0 amide bonds. The van der Waals surface area contributed by atoms with Crippen LogP contribution in [-0.2, 0) is 0 Å². The van der Waals surface area contributed by atoms with Gasteiger partial charge in [0, 0.05) is 19.0 Å². The highest BCUT2D eigenvalue weighted by atomic mass is 14.9. The maximum Gasteiger partial charge on any atom is 0.0638 e. The minimum atomic E-state index is 0.304. The monoisotopic (exact) mass is 222 g/mol. The second kappa shape index (κ2) is 12.0. The highest BCUT2D eigenvalue weighted by molar-refractivity contribution is 4.77. The number of nitrogens with zero attached hydrogens (tertiary/aromatic N) is 2. The first-order valence-corrected chi connectivity index (χ1v) is 5.99. The smallest absolute Gasteiger partial charge is 0.0638 e. The van der Waals surface area contributed by atoms with E-state index in [1.807, 2.05) is 6.92 Å². The summed E-state index contributed by atoms with van der Waals surface area (Å²) in [7, 11) is 0. The molecule has 2 N–H and O–H groups in total. The number of hydrogen-bond donors (Lipinski definition) is 2. The Balaban J connectivity index is 3.05. The first-order valence-electron chi connectivity index (χ1n) is 5.99. The first kappa shape index (κ1) is 14.9. The van der Waals surface area contributed by atoms with Crippen LogP contribution in [0.4, 0.5) is 0 Å². The number of nitriles is 2. The van der Waals surface area contributed by atoms with Gasteiger partial charge in [-0.2, -0.15) is 10.5 Å². The molecule has 0 heterocycles. The van der Waals surface area contributed by atoms with Gasteiger partial charge in [-0.3, -0.25) is 0 Å². The van der Waals surface area contributed by atoms with Crippen LogP contribution in [0.25, 0.3) is 0 Å². The Morgan fingerprint density at radius 1 is 1.00 bits per heavy atom. The van der Waals surface area contributed by atoms with Gasteiger partial charge in [-0.1, -0.05) is 6.42 Å². The Labute approximate surface area is 98.6 Å². The largest absolute Gasteiger partial charge is 0.316 e. The molecule has 0 rings (SSSR count). The molecular weight excluding hydrogens is 200 g/mol. The van der Waals surface area contributed by atoms with Gasteiger partial charge in [0.25, 0.3) is 0 Å². The van der Waals surface area contributed by atoms with Crippen molar-refractivity contribution in [3.63, 3.8) is 0 Å². The number of hydrogen-bond acceptors (Lipinski definition) is 4. The molecule has 4 heteroatoms. The van der Waals surface area contributed by atoms with Crippen LogP contribution in [-0.4, -0.2) is 25.7 Å². The Bertz CT molecular complexity index is 226. The molecule has 90 valence electrons. The molecule has 0 aliphatic rings. The summed E-state index contributed by atoms with van der Waals surface area (Å²) in [5.74, 6) is 0. The summed E-state index contributed by atoms with van der Waals surface area (Å²) in [5, 5.41) is 23.3. The van der Waals surface area contributed by atoms with Crippen LogP contribution in [0, 0.1) is 22.7 Å². The Morgan fingerprint density at radius 2 is 1.75 bits per heavy atom. The number of nitrogens with one attached hydrogen (secondary N) is 2. The van der Waals surface area contributed by atoms with Crippen LogP contribution in [0.15, 0.2) is 0 Å². The molecule has 0 aromatic heterocycles. The Kier molecular flexibility index (Phi) is 11.1. The third-order valence-electron chi connectivity index (χ3n) is 2.33. The van der Waals surface area contributed by atoms with Crippen molar-refractivity contribution >= 4 is 0 Å². The van der Waals surface area contributed by atoms with Crippen molar-refractivity contribution < 1.29 is 0 Å².